The summed E-state index contributed by atoms with van der Waals surface area (Å²) in [7, 11) is 0. The number of benzene rings is 2. The summed E-state index contributed by atoms with van der Waals surface area (Å²) in [6.45, 7) is 0.230. The van der Waals surface area contributed by atoms with Crippen molar-refractivity contribution in [2.24, 2.45) is 5.92 Å². The van der Waals surface area contributed by atoms with Crippen LogP contribution in [0, 0.1) is 16.0 Å². The molecule has 2 aromatic carbocycles. The first-order valence-electron chi connectivity index (χ1n) is 10.8. The van der Waals surface area contributed by atoms with Crippen LogP contribution in [0.15, 0.2) is 59.0 Å². The molecule has 1 unspecified atom stereocenters. The van der Waals surface area contributed by atoms with Crippen molar-refractivity contribution in [1.82, 2.24) is 0 Å². The summed E-state index contributed by atoms with van der Waals surface area (Å²) >= 11 is 7.59. The lowest BCUT2D eigenvalue weighted by Gasteiger charge is -2.25. The molecule has 0 N–H and O–H groups in total. The average Bonchev–Trinajstić information content (AvgIpc) is 3.01. The monoisotopic (exact) mass is 482 g/mol. The number of hydrogen-bond acceptors (Lipinski definition) is 5. The van der Waals surface area contributed by atoms with Crippen LogP contribution in [0.3, 0.4) is 0 Å². The van der Waals surface area contributed by atoms with Gasteiger partial charge in [0.1, 0.15) is 12.2 Å². The molecule has 168 valence electrons. The van der Waals surface area contributed by atoms with E-state index in [1.165, 1.54) is 21.9 Å². The number of urea groups is 1. The lowest BCUT2D eigenvalue weighted by Crippen LogP contribution is -2.53. The van der Waals surface area contributed by atoms with Crippen molar-refractivity contribution < 1.29 is 19.1 Å². The molecule has 0 fully saturated rings. The topological polar surface area (TPSA) is 83.5 Å². The molecule has 2 heterocycles. The van der Waals surface area contributed by atoms with Gasteiger partial charge in [-0.2, -0.15) is 9.37 Å². The van der Waals surface area contributed by atoms with Gasteiger partial charge >= 0.3 is 11.9 Å². The third-order valence-corrected chi connectivity index (χ3v) is 7.89. The highest BCUT2D eigenvalue weighted by Crippen LogP contribution is 2.47. The summed E-state index contributed by atoms with van der Waals surface area (Å²) in [6.07, 6.45) is 5.03. The number of thioether (sulfide) groups is 1. The number of anilines is 1. The minimum Gasteiger partial charge on any atom is -0.258 e. The number of fused-ring (bicyclic) bond motifs is 2. The van der Waals surface area contributed by atoms with Crippen molar-refractivity contribution in [3.8, 4) is 0 Å². The van der Waals surface area contributed by atoms with Gasteiger partial charge in [0, 0.05) is 17.2 Å². The number of carbonyl (C=O) groups is 2. The van der Waals surface area contributed by atoms with Crippen LogP contribution in [-0.2, 0) is 11.3 Å². The van der Waals surface area contributed by atoms with Crippen molar-refractivity contribution in [3.63, 3.8) is 0 Å². The second-order valence-electron chi connectivity index (χ2n) is 8.32. The van der Waals surface area contributed by atoms with Gasteiger partial charge in [-0.15, -0.1) is 4.90 Å². The maximum Gasteiger partial charge on any atom is 0.506 e. The maximum atomic E-state index is 13.7. The molecular weight excluding hydrogens is 462 g/mol. The molecule has 1 atom stereocenters. The number of nitro groups is 1. The molecule has 0 saturated carbocycles. The minimum absolute atomic E-state index is 0.00385. The number of amides is 3. The molecule has 0 aromatic heterocycles. The van der Waals surface area contributed by atoms with Crippen molar-refractivity contribution in [1.29, 1.82) is 0 Å². The van der Waals surface area contributed by atoms with Gasteiger partial charge < -0.3 is 0 Å². The summed E-state index contributed by atoms with van der Waals surface area (Å²) in [4.78, 5) is 40.4. The fourth-order valence-corrected chi connectivity index (χ4v) is 6.21. The van der Waals surface area contributed by atoms with Crippen LogP contribution in [0.2, 0.25) is 5.02 Å². The number of rotatable bonds is 4. The third-order valence-electron chi connectivity index (χ3n) is 6.26. The van der Waals surface area contributed by atoms with Crippen LogP contribution >= 0.6 is 23.4 Å². The number of hydrogen-bond donors (Lipinski definition) is 0. The van der Waals surface area contributed by atoms with Crippen LogP contribution < -0.4 is 4.90 Å². The van der Waals surface area contributed by atoms with Gasteiger partial charge in [-0.3, -0.25) is 10.1 Å². The standard InChI is InChI=1S/C24H21ClN3O4S/c25-16-8-12-17(13-9-16)27-22(29)21-19-4-2-1-3-5-20(19)33-23(21)26(24(27)30)14-15-6-10-18(11-7-15)28(31)32/h6-13,21H,1-5,14H2/q+1. The zero-order chi connectivity index (χ0) is 23.1. The first-order valence-corrected chi connectivity index (χ1v) is 12.0. The lowest BCUT2D eigenvalue weighted by molar-refractivity contribution is -0.443. The van der Waals surface area contributed by atoms with Crippen LogP contribution in [0.4, 0.5) is 16.2 Å². The van der Waals surface area contributed by atoms with Gasteiger partial charge in [0.15, 0.2) is 11.0 Å². The van der Waals surface area contributed by atoms with Gasteiger partial charge in [-0.1, -0.05) is 29.8 Å². The molecule has 1 aliphatic carbocycles. The summed E-state index contributed by atoms with van der Waals surface area (Å²) in [5.74, 6) is -0.689. The Kier molecular flexibility index (Phi) is 5.80. The highest BCUT2D eigenvalue weighted by Gasteiger charge is 2.54. The number of non-ortho nitro benzene ring substituents is 1. The van der Waals surface area contributed by atoms with E-state index in [1.807, 2.05) is 0 Å². The third kappa shape index (κ3) is 3.98. The Morgan fingerprint density at radius 2 is 1.73 bits per heavy atom. The molecule has 33 heavy (non-hydrogen) atoms. The molecule has 5 rings (SSSR count). The second kappa shape index (κ2) is 8.76. The van der Waals surface area contributed by atoms with Gasteiger partial charge in [0.2, 0.25) is 0 Å². The molecule has 2 aromatic rings. The Labute approximate surface area is 199 Å². The smallest absolute Gasteiger partial charge is 0.258 e. The lowest BCUT2D eigenvalue weighted by atomic mass is 9.93. The van der Waals surface area contributed by atoms with Gasteiger partial charge in [-0.25, -0.2) is 4.79 Å². The molecule has 9 heteroatoms. The van der Waals surface area contributed by atoms with Crippen molar-refractivity contribution in [2.75, 3.05) is 4.90 Å². The highest BCUT2D eigenvalue weighted by atomic mass is 35.5. The van der Waals surface area contributed by atoms with Gasteiger partial charge in [0.25, 0.3) is 5.69 Å². The van der Waals surface area contributed by atoms with E-state index in [2.05, 4.69) is 0 Å². The van der Waals surface area contributed by atoms with Crippen LogP contribution in [0.1, 0.15) is 37.7 Å². The number of nitrogens with zero attached hydrogens (tertiary/aromatic N) is 3. The number of nitro benzene ring substituents is 1. The van der Waals surface area contributed by atoms with Gasteiger partial charge in [-0.05, 0) is 78.1 Å². The van der Waals surface area contributed by atoms with Crippen molar-refractivity contribution in [3.05, 3.63) is 79.7 Å². The van der Waals surface area contributed by atoms with Crippen LogP contribution in [-0.4, -0.2) is 26.5 Å². The summed E-state index contributed by atoms with van der Waals surface area (Å²) < 4.78 is 1.65. The Bertz CT molecular complexity index is 1220. The molecule has 2 aliphatic heterocycles. The normalized spacial score (nSPS) is 20.6. The Morgan fingerprint density at radius 1 is 1.03 bits per heavy atom. The molecule has 0 bridgehead atoms. The number of imide groups is 1. The molecule has 0 spiro atoms. The largest absolute Gasteiger partial charge is 0.506 e. The van der Waals surface area contributed by atoms with E-state index in [9.17, 15) is 19.7 Å². The highest BCUT2D eigenvalue weighted by molar-refractivity contribution is 8.17. The van der Waals surface area contributed by atoms with E-state index in [-0.39, 0.29) is 18.1 Å². The molecule has 3 amide bonds. The number of allylic oxidation sites excluding steroid dienone is 1. The zero-order valence-electron chi connectivity index (χ0n) is 17.7. The molecular formula is C24H21ClN3O4S+. The Balaban J connectivity index is 1.58. The van der Waals surface area contributed by atoms with E-state index in [1.54, 1.807) is 52.7 Å². The number of carbonyl (C=O) groups excluding carboxylic acids is 2. The first-order chi connectivity index (χ1) is 15.9. The number of halogens is 1. The molecule has 0 radical (unpaired) electrons. The fourth-order valence-electron chi connectivity index (χ4n) is 4.62. The van der Waals surface area contributed by atoms with E-state index >= 15 is 0 Å². The SMILES string of the molecule is O=C1C2C3=C(CCCCC3)SC2=[N+](Cc2ccc([N+](=O)[O-])cc2)C(=O)N1c1ccc(Cl)cc1. The van der Waals surface area contributed by atoms with E-state index in [0.717, 1.165) is 48.3 Å². The van der Waals surface area contributed by atoms with Crippen molar-refractivity contribution in [2.45, 2.75) is 38.6 Å². The summed E-state index contributed by atoms with van der Waals surface area (Å²) in [5, 5.41) is 12.3. The van der Waals surface area contributed by atoms with Crippen LogP contribution in [0.25, 0.3) is 0 Å². The molecule has 0 saturated heterocycles. The zero-order valence-corrected chi connectivity index (χ0v) is 19.3. The minimum atomic E-state index is -0.463. The van der Waals surface area contributed by atoms with Crippen molar-refractivity contribution >= 4 is 51.7 Å². The van der Waals surface area contributed by atoms with E-state index in [0.29, 0.717) is 10.7 Å². The molecule has 3 aliphatic rings. The quantitative estimate of drug-likeness (QED) is 0.307. The first kappa shape index (κ1) is 21.9. The second-order valence-corrected chi connectivity index (χ2v) is 9.88. The Hall–Kier alpha value is -2.97. The predicted molar refractivity (Wildman–Crippen MR) is 128 cm³/mol. The fraction of sp³-hybridized carbons (Fsp3) is 0.292. The summed E-state index contributed by atoms with van der Waals surface area (Å²) in [5.41, 5.74) is 2.37. The average molecular weight is 483 g/mol. The predicted octanol–water partition coefficient (Wildman–Crippen LogP) is 5.91. The Morgan fingerprint density at radius 3 is 2.42 bits per heavy atom. The summed E-state index contributed by atoms with van der Waals surface area (Å²) in [6, 6.07) is 12.4. The van der Waals surface area contributed by atoms with Gasteiger partial charge in [0.05, 0.1) is 4.92 Å². The maximum absolute atomic E-state index is 13.7. The van der Waals surface area contributed by atoms with Crippen LogP contribution in [0.5, 0.6) is 0 Å². The molecule has 7 nitrogen and oxygen atoms in total. The van der Waals surface area contributed by atoms with E-state index in [4.69, 9.17) is 11.6 Å². The van der Waals surface area contributed by atoms with E-state index < -0.39 is 16.9 Å².